The van der Waals surface area contributed by atoms with Crippen molar-refractivity contribution in [2.45, 2.75) is 70.4 Å². The van der Waals surface area contributed by atoms with Gasteiger partial charge in [0.25, 0.3) is 0 Å². The zero-order valence-corrected chi connectivity index (χ0v) is 23.1. The van der Waals surface area contributed by atoms with E-state index in [1.165, 1.54) is 6.08 Å². The predicted octanol–water partition coefficient (Wildman–Crippen LogP) is 5.61. The zero-order chi connectivity index (χ0) is 27.5. The molecular formula is C31H39FN3O2P. The molecule has 2 aromatic carbocycles. The maximum atomic E-state index is 15.5. The van der Waals surface area contributed by atoms with E-state index >= 15 is 4.39 Å². The number of allylic oxidation sites excluding steroid dienone is 2. The summed E-state index contributed by atoms with van der Waals surface area (Å²) in [5.41, 5.74) is 16.5. The Hall–Kier alpha value is -3.08. The Kier molecular flexibility index (Phi) is 11.4. The number of halogens is 1. The largest absolute Gasteiger partial charge is 0.478 e. The summed E-state index contributed by atoms with van der Waals surface area (Å²) in [5.74, 6) is -1.27. The Morgan fingerprint density at radius 1 is 1.21 bits per heavy atom. The van der Waals surface area contributed by atoms with Crippen molar-refractivity contribution >= 4 is 36.6 Å². The fraction of sp³-hybridized carbons (Fsp3) is 0.355. The summed E-state index contributed by atoms with van der Waals surface area (Å²) < 4.78 is 15.5. The fourth-order valence-electron chi connectivity index (χ4n) is 4.80. The van der Waals surface area contributed by atoms with Crippen LogP contribution in [0.25, 0.3) is 5.70 Å². The van der Waals surface area contributed by atoms with Crippen LogP contribution in [0.5, 0.6) is 0 Å². The van der Waals surface area contributed by atoms with Crippen molar-refractivity contribution in [2.24, 2.45) is 16.5 Å². The van der Waals surface area contributed by atoms with Gasteiger partial charge in [-0.3, -0.25) is 4.99 Å². The quantitative estimate of drug-likeness (QED) is 0.142. The van der Waals surface area contributed by atoms with Crippen LogP contribution in [0, 0.1) is 5.82 Å². The Morgan fingerprint density at radius 3 is 2.53 bits per heavy atom. The molecule has 1 fully saturated rings. The average molecular weight is 536 g/mol. The van der Waals surface area contributed by atoms with Crippen molar-refractivity contribution in [1.29, 1.82) is 0 Å². The van der Waals surface area contributed by atoms with Crippen LogP contribution in [0.1, 0.15) is 63.9 Å². The second-order valence-corrected chi connectivity index (χ2v) is 11.1. The van der Waals surface area contributed by atoms with Crippen LogP contribution in [-0.4, -0.2) is 28.9 Å². The summed E-state index contributed by atoms with van der Waals surface area (Å²) in [5, 5.41) is 11.1. The molecule has 1 aliphatic carbocycles. The van der Waals surface area contributed by atoms with Gasteiger partial charge in [0.2, 0.25) is 0 Å². The number of nitrogens with two attached hydrogens (primary N) is 2. The molecule has 202 valence electrons. The smallest absolute Gasteiger partial charge is 0.328 e. The van der Waals surface area contributed by atoms with Crippen molar-refractivity contribution in [3.63, 3.8) is 0 Å². The van der Waals surface area contributed by atoms with Gasteiger partial charge < -0.3 is 16.6 Å². The molecule has 0 aliphatic heterocycles. The third-order valence-electron chi connectivity index (χ3n) is 6.73. The van der Waals surface area contributed by atoms with Gasteiger partial charge in [-0.05, 0) is 67.7 Å². The number of nitrogens with zero attached hydrogens (tertiary/aromatic N) is 1. The summed E-state index contributed by atoms with van der Waals surface area (Å²) in [6, 6.07) is 14.9. The maximum Gasteiger partial charge on any atom is 0.328 e. The summed E-state index contributed by atoms with van der Waals surface area (Å²) in [7, 11) is 0.349. The average Bonchev–Trinajstić information content (AvgIpc) is 2.89. The van der Waals surface area contributed by atoms with Crippen LogP contribution in [0.2, 0.25) is 0 Å². The van der Waals surface area contributed by atoms with Crippen LogP contribution >= 0.6 is 8.58 Å². The molecule has 3 rings (SSSR count). The van der Waals surface area contributed by atoms with E-state index in [0.717, 1.165) is 41.2 Å². The van der Waals surface area contributed by atoms with Gasteiger partial charge in [-0.25, -0.2) is 9.18 Å². The Balaban J connectivity index is 1.97. The van der Waals surface area contributed by atoms with Crippen LogP contribution < -0.4 is 22.1 Å². The molecule has 2 unspecified atom stereocenters. The number of aliphatic carboxylic acids is 1. The van der Waals surface area contributed by atoms with E-state index in [0.29, 0.717) is 57.5 Å². The lowest BCUT2D eigenvalue weighted by molar-refractivity contribution is -0.131. The standard InChI is InChI=1S/C31H39FN3O2P/c1-3-5-12-27(33)30(28(9-4-2)35-22-15-13-21(14-16-22)19-29(36)37)31(34)25-18-17-24(20-26(25)32)38-23-10-7-6-8-11-23/h3,6-8,10-11,17-20,22,27,38H,1,4-5,9,12-16,33-34H2,2H3,(H,36,37). The first-order valence-electron chi connectivity index (χ1n) is 13.3. The number of carbonyl (C=O) groups is 1. The van der Waals surface area contributed by atoms with E-state index in [9.17, 15) is 4.79 Å². The number of aliphatic imine (C=N–C) groups is 1. The van der Waals surface area contributed by atoms with Gasteiger partial charge in [0.15, 0.2) is 0 Å². The molecule has 0 spiro atoms. The number of hydrogen-bond acceptors (Lipinski definition) is 4. The number of rotatable bonds is 12. The van der Waals surface area contributed by atoms with Gasteiger partial charge >= 0.3 is 5.97 Å². The summed E-state index contributed by atoms with van der Waals surface area (Å²) in [6.07, 6.45) is 8.95. The van der Waals surface area contributed by atoms with Crippen LogP contribution in [0.3, 0.4) is 0 Å². The predicted molar refractivity (Wildman–Crippen MR) is 159 cm³/mol. The third-order valence-corrected chi connectivity index (χ3v) is 7.95. The molecule has 38 heavy (non-hydrogen) atoms. The number of benzene rings is 2. The fourth-order valence-corrected chi connectivity index (χ4v) is 5.86. The molecule has 0 heterocycles. The third kappa shape index (κ3) is 8.47. The lowest BCUT2D eigenvalue weighted by atomic mass is 9.88. The Morgan fingerprint density at radius 2 is 1.92 bits per heavy atom. The lowest BCUT2D eigenvalue weighted by Crippen LogP contribution is -2.31. The highest BCUT2D eigenvalue weighted by atomic mass is 31.1. The molecule has 1 aliphatic rings. The van der Waals surface area contributed by atoms with Gasteiger partial charge in [0.1, 0.15) is 5.82 Å². The lowest BCUT2D eigenvalue weighted by Gasteiger charge is -2.25. The van der Waals surface area contributed by atoms with Crippen molar-refractivity contribution in [3.8, 4) is 0 Å². The normalized spacial score (nSPS) is 17.8. The molecule has 0 aromatic heterocycles. The molecule has 5 nitrogen and oxygen atoms in total. The van der Waals surface area contributed by atoms with Gasteiger partial charge in [0, 0.05) is 34.7 Å². The molecule has 2 aromatic rings. The minimum Gasteiger partial charge on any atom is -0.478 e. The molecule has 0 radical (unpaired) electrons. The zero-order valence-electron chi connectivity index (χ0n) is 22.1. The maximum absolute atomic E-state index is 15.5. The minimum atomic E-state index is -0.905. The molecule has 2 atom stereocenters. The van der Waals surface area contributed by atoms with Crippen molar-refractivity contribution in [1.82, 2.24) is 0 Å². The Bertz CT molecular complexity index is 1200. The molecule has 1 saturated carbocycles. The van der Waals surface area contributed by atoms with Gasteiger partial charge in [-0.2, -0.15) is 0 Å². The van der Waals surface area contributed by atoms with E-state index in [4.69, 9.17) is 21.6 Å². The van der Waals surface area contributed by atoms with Gasteiger partial charge in [-0.1, -0.05) is 70.0 Å². The summed E-state index contributed by atoms with van der Waals surface area (Å²) >= 11 is 0. The van der Waals surface area contributed by atoms with E-state index in [1.54, 1.807) is 12.1 Å². The van der Waals surface area contributed by atoms with E-state index < -0.39 is 12.0 Å². The van der Waals surface area contributed by atoms with E-state index in [2.05, 4.69) is 13.5 Å². The molecule has 0 saturated heterocycles. The van der Waals surface area contributed by atoms with Crippen molar-refractivity contribution in [2.75, 3.05) is 0 Å². The van der Waals surface area contributed by atoms with Gasteiger partial charge in [0.05, 0.1) is 6.04 Å². The first kappa shape index (κ1) is 29.5. The second kappa shape index (κ2) is 14.8. The summed E-state index contributed by atoms with van der Waals surface area (Å²) in [6.45, 7) is 5.89. The Labute approximate surface area is 227 Å². The van der Waals surface area contributed by atoms with Crippen molar-refractivity contribution < 1.29 is 14.3 Å². The highest BCUT2D eigenvalue weighted by Crippen LogP contribution is 2.29. The first-order valence-corrected chi connectivity index (χ1v) is 14.3. The molecule has 0 amide bonds. The number of carboxylic acid groups (broad SMARTS) is 1. The molecule has 5 N–H and O–H groups in total. The number of hydrogen-bond donors (Lipinski definition) is 3. The highest BCUT2D eigenvalue weighted by molar-refractivity contribution is 7.55. The monoisotopic (exact) mass is 535 g/mol. The topological polar surface area (TPSA) is 102 Å². The molecule has 0 bridgehead atoms. The molecule has 7 heteroatoms. The van der Waals surface area contributed by atoms with Crippen LogP contribution in [0.4, 0.5) is 4.39 Å². The summed E-state index contributed by atoms with van der Waals surface area (Å²) in [4.78, 5) is 16.1. The minimum absolute atomic E-state index is 0.0520. The first-order chi connectivity index (χ1) is 18.3. The SMILES string of the molecule is C=CCCC(N)C(C(CCC)=NC1CCC(=CC(=O)O)CC1)=C(N)c1ccc(Pc2ccccc2)cc1F. The second-order valence-electron chi connectivity index (χ2n) is 9.68. The molecular weight excluding hydrogens is 496 g/mol. The van der Waals surface area contributed by atoms with Crippen molar-refractivity contribution in [3.05, 3.63) is 89.8 Å². The van der Waals surface area contributed by atoms with Crippen LogP contribution in [0.15, 0.2) is 83.4 Å². The van der Waals surface area contributed by atoms with E-state index in [-0.39, 0.29) is 11.9 Å². The number of carboxylic acids is 1. The highest BCUT2D eigenvalue weighted by Gasteiger charge is 2.24. The van der Waals surface area contributed by atoms with E-state index in [1.807, 2.05) is 42.5 Å². The van der Waals surface area contributed by atoms with Crippen LogP contribution in [-0.2, 0) is 4.79 Å². The van der Waals surface area contributed by atoms with Gasteiger partial charge in [-0.15, -0.1) is 6.58 Å².